The van der Waals surface area contributed by atoms with Crippen LogP contribution in [0, 0.1) is 0 Å². The van der Waals surface area contributed by atoms with Gasteiger partial charge in [0.1, 0.15) is 6.33 Å². The SMILES string of the molecule is O=S(=O)(O)c1cncn1-c1ccccc1-c1ccccc1. The summed E-state index contributed by atoms with van der Waals surface area (Å²) in [6, 6.07) is 16.9. The number of aromatic nitrogens is 2. The molecule has 0 spiro atoms. The monoisotopic (exact) mass is 300 g/mol. The summed E-state index contributed by atoms with van der Waals surface area (Å²) in [5.74, 6) is 0. The Kier molecular flexibility index (Phi) is 3.32. The molecule has 0 amide bonds. The molecule has 1 aromatic heterocycles. The number of hydrogen-bond donors (Lipinski definition) is 1. The van der Waals surface area contributed by atoms with E-state index in [0.717, 1.165) is 17.3 Å². The molecule has 3 rings (SSSR count). The van der Waals surface area contributed by atoms with Gasteiger partial charge in [0.15, 0.2) is 5.03 Å². The van der Waals surface area contributed by atoms with E-state index in [4.69, 9.17) is 0 Å². The molecule has 0 radical (unpaired) electrons. The average Bonchev–Trinajstić information content (AvgIpc) is 2.98. The molecule has 0 unspecified atom stereocenters. The molecule has 0 aliphatic rings. The Labute approximate surface area is 122 Å². The molecule has 0 bridgehead atoms. The van der Waals surface area contributed by atoms with Crippen molar-refractivity contribution in [1.82, 2.24) is 9.55 Å². The van der Waals surface area contributed by atoms with Gasteiger partial charge in [0.2, 0.25) is 0 Å². The Morgan fingerprint density at radius 3 is 2.33 bits per heavy atom. The Morgan fingerprint density at radius 2 is 1.62 bits per heavy atom. The summed E-state index contributed by atoms with van der Waals surface area (Å²) in [6.07, 6.45) is 2.49. The van der Waals surface area contributed by atoms with Crippen LogP contribution in [0.4, 0.5) is 0 Å². The van der Waals surface area contributed by atoms with Gasteiger partial charge < -0.3 is 0 Å². The van der Waals surface area contributed by atoms with Gasteiger partial charge in [-0.3, -0.25) is 9.12 Å². The second-order valence-corrected chi connectivity index (χ2v) is 5.83. The summed E-state index contributed by atoms with van der Waals surface area (Å²) in [6.45, 7) is 0. The van der Waals surface area contributed by atoms with Gasteiger partial charge in [-0.05, 0) is 11.6 Å². The second kappa shape index (κ2) is 5.16. The lowest BCUT2D eigenvalue weighted by Crippen LogP contribution is -2.07. The number of benzene rings is 2. The van der Waals surface area contributed by atoms with Crippen LogP contribution in [0.15, 0.2) is 72.1 Å². The van der Waals surface area contributed by atoms with Crippen molar-refractivity contribution in [3.8, 4) is 16.8 Å². The molecule has 6 heteroatoms. The van der Waals surface area contributed by atoms with Crippen molar-refractivity contribution in [2.75, 3.05) is 0 Å². The minimum Gasteiger partial charge on any atom is -0.287 e. The van der Waals surface area contributed by atoms with E-state index in [-0.39, 0.29) is 5.03 Å². The standard InChI is InChI=1S/C15H12N2O3S/c18-21(19,20)15-10-16-11-17(15)14-9-5-4-8-13(14)12-6-2-1-3-7-12/h1-11H,(H,18,19,20). The fourth-order valence-electron chi connectivity index (χ4n) is 2.20. The van der Waals surface area contributed by atoms with E-state index in [1.54, 1.807) is 12.1 Å². The topological polar surface area (TPSA) is 72.2 Å². The molecule has 0 aliphatic carbocycles. The minimum atomic E-state index is -4.34. The van der Waals surface area contributed by atoms with Crippen molar-refractivity contribution in [3.05, 3.63) is 67.1 Å². The molecule has 0 saturated heterocycles. The number of rotatable bonds is 3. The molecule has 3 aromatic rings. The molecule has 0 atom stereocenters. The number of hydrogen-bond acceptors (Lipinski definition) is 3. The molecular weight excluding hydrogens is 288 g/mol. The average molecular weight is 300 g/mol. The van der Waals surface area contributed by atoms with Crippen LogP contribution in [0.1, 0.15) is 0 Å². The van der Waals surface area contributed by atoms with Gasteiger partial charge in [0.05, 0.1) is 11.9 Å². The first-order valence-electron chi connectivity index (χ1n) is 6.22. The van der Waals surface area contributed by atoms with Gasteiger partial charge in [-0.2, -0.15) is 8.42 Å². The highest BCUT2D eigenvalue weighted by atomic mass is 32.2. The zero-order valence-corrected chi connectivity index (χ0v) is 11.7. The first-order chi connectivity index (χ1) is 10.1. The van der Waals surface area contributed by atoms with Crippen LogP contribution in [0.5, 0.6) is 0 Å². The van der Waals surface area contributed by atoms with Crippen molar-refractivity contribution >= 4 is 10.1 Å². The van der Waals surface area contributed by atoms with E-state index < -0.39 is 10.1 Å². The van der Waals surface area contributed by atoms with Crippen LogP contribution < -0.4 is 0 Å². The molecular formula is C15H12N2O3S. The third-order valence-corrected chi connectivity index (χ3v) is 3.95. The third-order valence-electron chi connectivity index (χ3n) is 3.12. The van der Waals surface area contributed by atoms with E-state index in [0.29, 0.717) is 5.69 Å². The summed E-state index contributed by atoms with van der Waals surface area (Å²) in [4.78, 5) is 3.82. The Hall–Kier alpha value is -2.44. The largest absolute Gasteiger partial charge is 0.312 e. The molecule has 5 nitrogen and oxygen atoms in total. The van der Waals surface area contributed by atoms with Crippen molar-refractivity contribution in [3.63, 3.8) is 0 Å². The minimum absolute atomic E-state index is 0.258. The highest BCUT2D eigenvalue weighted by Crippen LogP contribution is 2.28. The third kappa shape index (κ3) is 2.58. The molecule has 0 fully saturated rings. The summed E-state index contributed by atoms with van der Waals surface area (Å²) >= 11 is 0. The van der Waals surface area contributed by atoms with Gasteiger partial charge in [0, 0.05) is 5.56 Å². The van der Waals surface area contributed by atoms with Crippen LogP contribution >= 0.6 is 0 Å². The molecule has 2 aromatic carbocycles. The van der Waals surface area contributed by atoms with Crippen molar-refractivity contribution in [2.24, 2.45) is 0 Å². The predicted octanol–water partition coefficient (Wildman–Crippen LogP) is 2.79. The summed E-state index contributed by atoms with van der Waals surface area (Å²) in [5.41, 5.74) is 2.43. The fraction of sp³-hybridized carbons (Fsp3) is 0. The van der Waals surface area contributed by atoms with Crippen molar-refractivity contribution in [1.29, 1.82) is 0 Å². The molecule has 0 aliphatic heterocycles. The molecule has 1 heterocycles. The Balaban J connectivity index is 2.24. The van der Waals surface area contributed by atoms with Gasteiger partial charge in [-0.15, -0.1) is 0 Å². The Bertz CT molecular complexity index is 871. The zero-order chi connectivity index (χ0) is 14.9. The first-order valence-corrected chi connectivity index (χ1v) is 7.66. The molecule has 21 heavy (non-hydrogen) atoms. The first kappa shape index (κ1) is 13.5. The Morgan fingerprint density at radius 1 is 0.952 bits per heavy atom. The quantitative estimate of drug-likeness (QED) is 0.755. The van der Waals surface area contributed by atoms with Gasteiger partial charge >= 0.3 is 10.1 Å². The zero-order valence-electron chi connectivity index (χ0n) is 10.9. The molecule has 0 saturated carbocycles. The van der Waals surface area contributed by atoms with Crippen LogP contribution in [-0.2, 0) is 10.1 Å². The predicted molar refractivity (Wildman–Crippen MR) is 78.8 cm³/mol. The van der Waals surface area contributed by atoms with Crippen LogP contribution in [0.2, 0.25) is 0 Å². The fourth-order valence-corrected chi connectivity index (χ4v) is 2.79. The van der Waals surface area contributed by atoms with Gasteiger partial charge in [-0.1, -0.05) is 48.5 Å². The lowest BCUT2D eigenvalue weighted by atomic mass is 10.0. The van der Waals surface area contributed by atoms with Gasteiger partial charge in [0.25, 0.3) is 0 Å². The summed E-state index contributed by atoms with van der Waals surface area (Å²) < 4.78 is 33.5. The molecule has 1 N–H and O–H groups in total. The van der Waals surface area contributed by atoms with E-state index in [2.05, 4.69) is 4.98 Å². The van der Waals surface area contributed by atoms with Crippen LogP contribution in [0.3, 0.4) is 0 Å². The second-order valence-electron chi connectivity index (χ2n) is 4.46. The van der Waals surface area contributed by atoms with Gasteiger partial charge in [-0.25, -0.2) is 4.98 Å². The van der Waals surface area contributed by atoms with E-state index in [1.165, 1.54) is 10.9 Å². The smallest absolute Gasteiger partial charge is 0.287 e. The van der Waals surface area contributed by atoms with E-state index in [1.807, 2.05) is 42.5 Å². The van der Waals surface area contributed by atoms with Crippen molar-refractivity contribution < 1.29 is 13.0 Å². The normalized spacial score (nSPS) is 11.5. The lowest BCUT2D eigenvalue weighted by Gasteiger charge is -2.12. The van der Waals surface area contributed by atoms with E-state index >= 15 is 0 Å². The van der Waals surface area contributed by atoms with Crippen LogP contribution in [0.25, 0.3) is 16.8 Å². The highest BCUT2D eigenvalue weighted by Gasteiger charge is 2.18. The maximum Gasteiger partial charge on any atom is 0.312 e. The maximum atomic E-state index is 11.4. The molecule has 106 valence electrons. The highest BCUT2D eigenvalue weighted by molar-refractivity contribution is 7.85. The van der Waals surface area contributed by atoms with Crippen molar-refractivity contribution in [2.45, 2.75) is 5.03 Å². The summed E-state index contributed by atoms with van der Waals surface area (Å²) in [5, 5.41) is -0.258. The van der Waals surface area contributed by atoms with E-state index in [9.17, 15) is 13.0 Å². The summed E-state index contributed by atoms with van der Waals surface area (Å²) in [7, 11) is -4.34. The maximum absolute atomic E-state index is 11.4. The number of imidazole rings is 1. The number of nitrogens with zero attached hydrogens (tertiary/aromatic N) is 2. The van der Waals surface area contributed by atoms with Crippen LogP contribution in [-0.4, -0.2) is 22.5 Å². The number of para-hydroxylation sites is 1. The lowest BCUT2D eigenvalue weighted by molar-refractivity contribution is 0.477.